The number of unbranched alkanes of at least 4 members (excludes halogenated alkanes) is 6. The van der Waals surface area contributed by atoms with Gasteiger partial charge >= 0.3 is 11.9 Å². The number of esters is 2. The third-order valence-corrected chi connectivity index (χ3v) is 9.39. The highest BCUT2D eigenvalue weighted by molar-refractivity contribution is 7.30. The molecular weight excluding hydrogens is 673 g/mol. The Bertz CT molecular complexity index is 1680. The largest absolute Gasteiger partial charge is 0.494 e. The van der Waals surface area contributed by atoms with E-state index in [2.05, 4.69) is 50.4 Å². The number of ether oxygens (including phenoxy) is 3. The van der Waals surface area contributed by atoms with Crippen molar-refractivity contribution in [1.82, 2.24) is 4.98 Å². The molecule has 0 aliphatic heterocycles. The van der Waals surface area contributed by atoms with Gasteiger partial charge in [0.1, 0.15) is 15.6 Å². The van der Waals surface area contributed by atoms with Gasteiger partial charge in [-0.05, 0) is 80.8 Å². The van der Waals surface area contributed by atoms with E-state index in [0.29, 0.717) is 25.0 Å². The average molecular weight is 717 g/mol. The number of carbonyl (C=O) groups is 2. The molecule has 0 N–H and O–H groups in total. The van der Waals surface area contributed by atoms with Crippen LogP contribution in [-0.2, 0) is 19.1 Å². The summed E-state index contributed by atoms with van der Waals surface area (Å²) in [6.07, 6.45) is 10.7. The van der Waals surface area contributed by atoms with Crippen molar-refractivity contribution in [3.8, 4) is 5.75 Å². The van der Waals surface area contributed by atoms with Crippen molar-refractivity contribution >= 4 is 71.3 Å². The molecule has 2 aromatic heterocycles. The van der Waals surface area contributed by atoms with Crippen LogP contribution in [0.15, 0.2) is 100 Å². The molecule has 0 aliphatic carbocycles. The number of benzene rings is 2. The molecule has 0 spiro atoms. The fourth-order valence-electron chi connectivity index (χ4n) is 4.82. The van der Waals surface area contributed by atoms with E-state index in [-0.39, 0.29) is 5.97 Å². The van der Waals surface area contributed by atoms with Crippen LogP contribution >= 0.6 is 22.7 Å². The Hall–Kier alpha value is -4.75. The van der Waals surface area contributed by atoms with Crippen molar-refractivity contribution in [2.45, 2.75) is 58.3 Å². The number of azo groups is 2. The number of thiazole rings is 1. The van der Waals surface area contributed by atoms with Gasteiger partial charge in [0.05, 0.1) is 35.9 Å². The Morgan fingerprint density at radius 2 is 1.32 bits per heavy atom. The summed E-state index contributed by atoms with van der Waals surface area (Å²) in [6, 6.07) is 17.5. The van der Waals surface area contributed by atoms with Gasteiger partial charge in [-0.1, -0.05) is 67.9 Å². The number of aromatic nitrogens is 1. The van der Waals surface area contributed by atoms with Gasteiger partial charge in [-0.25, -0.2) is 14.6 Å². The molecule has 0 unspecified atom stereocenters. The van der Waals surface area contributed by atoms with Crippen LogP contribution in [0.1, 0.15) is 58.3 Å². The van der Waals surface area contributed by atoms with Crippen LogP contribution in [0, 0.1) is 0 Å². The van der Waals surface area contributed by atoms with E-state index >= 15 is 0 Å². The topological polar surface area (TPSA) is 127 Å². The molecule has 264 valence electrons. The smallest absolute Gasteiger partial charge is 0.330 e. The summed E-state index contributed by atoms with van der Waals surface area (Å²) in [5.41, 5.74) is 2.55. The number of rotatable bonds is 23. The fraction of sp³-hybridized carbons (Fsp3) is 0.378. The van der Waals surface area contributed by atoms with Crippen molar-refractivity contribution in [3.63, 3.8) is 0 Å². The van der Waals surface area contributed by atoms with Crippen LogP contribution in [0.4, 0.5) is 27.2 Å². The van der Waals surface area contributed by atoms with E-state index in [9.17, 15) is 9.59 Å². The first kappa shape index (κ1) is 38.1. The summed E-state index contributed by atoms with van der Waals surface area (Å²) in [5.74, 6) is 0.0696. The summed E-state index contributed by atoms with van der Waals surface area (Å²) in [7, 11) is 0. The van der Waals surface area contributed by atoms with Gasteiger partial charge in [0.2, 0.25) is 5.13 Å². The SMILES string of the molecule is C=CC(=O)OCCCCCCCCCOc1ccc(N=Nc2cc3sc(N=Nc4ccc(N(CC)CCCOC(=O)C=C)cc4)nc3s2)cc1. The molecule has 0 atom stereocenters. The first-order chi connectivity index (χ1) is 24.5. The van der Waals surface area contributed by atoms with Crippen molar-refractivity contribution < 1.29 is 23.8 Å². The van der Waals surface area contributed by atoms with Gasteiger partial charge in [-0.2, -0.15) is 0 Å². The second kappa shape index (κ2) is 21.4. The minimum atomic E-state index is -0.399. The lowest BCUT2D eigenvalue weighted by Gasteiger charge is -2.23. The molecule has 0 amide bonds. The van der Waals surface area contributed by atoms with E-state index in [1.165, 1.54) is 47.7 Å². The van der Waals surface area contributed by atoms with E-state index < -0.39 is 5.97 Å². The zero-order chi connectivity index (χ0) is 35.4. The monoisotopic (exact) mass is 716 g/mol. The molecule has 4 aromatic rings. The zero-order valence-electron chi connectivity index (χ0n) is 28.5. The minimum absolute atomic E-state index is 0.350. The number of hydrogen-bond acceptors (Lipinski definition) is 13. The van der Waals surface area contributed by atoms with Crippen LogP contribution in [-0.4, -0.2) is 49.8 Å². The predicted molar refractivity (Wildman–Crippen MR) is 201 cm³/mol. The first-order valence-electron chi connectivity index (χ1n) is 16.9. The molecule has 4 rings (SSSR count). The van der Waals surface area contributed by atoms with Crippen LogP contribution in [0.3, 0.4) is 0 Å². The number of nitrogens with zero attached hydrogens (tertiary/aromatic N) is 6. The highest BCUT2D eigenvalue weighted by Gasteiger charge is 2.09. The maximum absolute atomic E-state index is 11.2. The molecule has 0 aliphatic rings. The summed E-state index contributed by atoms with van der Waals surface area (Å²) < 4.78 is 16.9. The molecule has 11 nitrogen and oxygen atoms in total. The van der Waals surface area contributed by atoms with Crippen LogP contribution in [0.5, 0.6) is 5.75 Å². The van der Waals surface area contributed by atoms with Gasteiger partial charge < -0.3 is 19.1 Å². The fourth-order valence-corrected chi connectivity index (χ4v) is 6.67. The quantitative estimate of drug-likeness (QED) is 0.0323. The Kier molecular flexibility index (Phi) is 16.3. The highest BCUT2D eigenvalue weighted by Crippen LogP contribution is 2.39. The Labute approximate surface area is 301 Å². The molecule has 0 fully saturated rings. The van der Waals surface area contributed by atoms with Crippen molar-refractivity contribution in [3.05, 3.63) is 79.9 Å². The molecular formula is C37H44N6O5S2. The average Bonchev–Trinajstić information content (AvgIpc) is 3.71. The van der Waals surface area contributed by atoms with E-state index in [1.807, 2.05) is 54.6 Å². The van der Waals surface area contributed by atoms with Gasteiger partial charge in [0, 0.05) is 30.9 Å². The molecule has 50 heavy (non-hydrogen) atoms. The van der Waals surface area contributed by atoms with E-state index in [4.69, 9.17) is 14.2 Å². The van der Waals surface area contributed by atoms with Crippen molar-refractivity contribution in [1.29, 1.82) is 0 Å². The first-order valence-corrected chi connectivity index (χ1v) is 18.5. The zero-order valence-corrected chi connectivity index (χ0v) is 30.1. The van der Waals surface area contributed by atoms with Gasteiger partial charge in [-0.15, -0.1) is 20.5 Å². The maximum atomic E-state index is 11.2. The Morgan fingerprint density at radius 3 is 1.94 bits per heavy atom. The molecule has 0 saturated carbocycles. The third kappa shape index (κ3) is 13.3. The molecule has 0 bridgehead atoms. The second-order valence-electron chi connectivity index (χ2n) is 11.2. The Morgan fingerprint density at radius 1 is 0.740 bits per heavy atom. The lowest BCUT2D eigenvalue weighted by Crippen LogP contribution is -2.25. The minimum Gasteiger partial charge on any atom is -0.494 e. The van der Waals surface area contributed by atoms with E-state index in [1.54, 1.807) is 0 Å². The van der Waals surface area contributed by atoms with Crippen molar-refractivity contribution in [2.24, 2.45) is 20.5 Å². The molecule has 2 heterocycles. The van der Waals surface area contributed by atoms with Gasteiger partial charge in [-0.3, -0.25) is 0 Å². The number of hydrogen-bond donors (Lipinski definition) is 0. The van der Waals surface area contributed by atoms with Gasteiger partial charge in [0.15, 0.2) is 0 Å². The summed E-state index contributed by atoms with van der Waals surface area (Å²) in [4.78, 5) is 29.9. The standard InChI is InChI=1S/C37H44N6O5S2/c1-4-34(44)47-25-13-11-9-7-8-10-12-24-46-31-21-17-29(18-22-31)39-41-33-27-32-36(50-33)38-37(49-32)42-40-28-15-19-30(20-16-28)43(6-3)23-14-26-48-35(45)5-2/h4-5,15-22,27H,1-2,6-14,23-26H2,3H3. The number of thiophene rings is 1. The maximum Gasteiger partial charge on any atom is 0.330 e. The lowest BCUT2D eigenvalue weighted by atomic mass is 10.1. The number of carbonyl (C=O) groups excluding carboxylic acids is 2. The molecule has 0 saturated heterocycles. The molecule has 13 heteroatoms. The van der Waals surface area contributed by atoms with Crippen LogP contribution < -0.4 is 9.64 Å². The summed E-state index contributed by atoms with van der Waals surface area (Å²) in [5, 5.41) is 18.8. The highest BCUT2D eigenvalue weighted by atomic mass is 32.1. The third-order valence-electron chi connectivity index (χ3n) is 7.47. The van der Waals surface area contributed by atoms with Crippen molar-refractivity contribution in [2.75, 3.05) is 37.8 Å². The summed E-state index contributed by atoms with van der Waals surface area (Å²) in [6.45, 7) is 12.0. The lowest BCUT2D eigenvalue weighted by molar-refractivity contribution is -0.138. The van der Waals surface area contributed by atoms with Crippen LogP contribution in [0.2, 0.25) is 0 Å². The van der Waals surface area contributed by atoms with Gasteiger partial charge in [0.25, 0.3) is 0 Å². The molecule has 2 aromatic carbocycles. The second-order valence-corrected chi connectivity index (χ2v) is 13.2. The molecule has 0 radical (unpaired) electrons. The number of anilines is 1. The number of fused-ring (bicyclic) bond motifs is 1. The predicted octanol–water partition coefficient (Wildman–Crippen LogP) is 11.0. The normalized spacial score (nSPS) is 11.3. The van der Waals surface area contributed by atoms with Crippen LogP contribution in [0.25, 0.3) is 9.53 Å². The van der Waals surface area contributed by atoms with E-state index in [0.717, 1.165) is 89.0 Å². The summed E-state index contributed by atoms with van der Waals surface area (Å²) >= 11 is 2.92. The Balaban J connectivity index is 1.14.